The van der Waals surface area contributed by atoms with Gasteiger partial charge >= 0.3 is 0 Å². The SMILES string of the molecule is C[C@H](NCc1c(N)nn2cccnc12)c1cc2cccc(Cl)c2c(=O)n1C1CCC1. The highest BCUT2D eigenvalue weighted by atomic mass is 35.5. The number of nitrogens with zero attached hydrogens (tertiary/aromatic N) is 4. The summed E-state index contributed by atoms with van der Waals surface area (Å²) >= 11 is 6.37. The molecule has 0 bridgehead atoms. The van der Waals surface area contributed by atoms with Crippen molar-refractivity contribution in [1.82, 2.24) is 24.5 Å². The van der Waals surface area contributed by atoms with Crippen LogP contribution in [0.15, 0.2) is 47.5 Å². The number of nitrogens with one attached hydrogen (secondary N) is 1. The third kappa shape index (κ3) is 3.05. The first-order valence-electron chi connectivity index (χ1n) is 10.2. The molecule has 3 N–H and O–H groups in total. The second-order valence-corrected chi connectivity index (χ2v) is 8.29. The number of nitrogens with two attached hydrogens (primary N) is 1. The van der Waals surface area contributed by atoms with Crippen LogP contribution in [-0.2, 0) is 6.54 Å². The Hall–Kier alpha value is -2.90. The molecule has 30 heavy (non-hydrogen) atoms. The van der Waals surface area contributed by atoms with Crippen molar-refractivity contribution in [2.45, 2.75) is 44.8 Å². The highest BCUT2D eigenvalue weighted by Gasteiger charge is 2.26. The van der Waals surface area contributed by atoms with Crippen molar-refractivity contribution in [1.29, 1.82) is 0 Å². The Bertz CT molecular complexity index is 1310. The summed E-state index contributed by atoms with van der Waals surface area (Å²) in [6.45, 7) is 2.57. The highest BCUT2D eigenvalue weighted by Crippen LogP contribution is 2.34. The van der Waals surface area contributed by atoms with E-state index in [1.807, 2.05) is 29.0 Å². The van der Waals surface area contributed by atoms with Gasteiger partial charge in [0.15, 0.2) is 11.5 Å². The van der Waals surface area contributed by atoms with Crippen LogP contribution in [-0.4, -0.2) is 19.2 Å². The van der Waals surface area contributed by atoms with E-state index in [1.165, 1.54) is 0 Å². The lowest BCUT2D eigenvalue weighted by atomic mass is 9.91. The Morgan fingerprint density at radius 1 is 1.33 bits per heavy atom. The van der Waals surface area contributed by atoms with Crippen LogP contribution in [0.3, 0.4) is 0 Å². The molecule has 1 aliphatic carbocycles. The summed E-state index contributed by atoms with van der Waals surface area (Å²) < 4.78 is 3.62. The predicted molar refractivity (Wildman–Crippen MR) is 119 cm³/mol. The van der Waals surface area contributed by atoms with Crippen LogP contribution in [0.5, 0.6) is 0 Å². The number of pyridine rings is 1. The Morgan fingerprint density at radius 3 is 2.93 bits per heavy atom. The third-order valence-electron chi connectivity index (χ3n) is 6.05. The Balaban J connectivity index is 1.53. The number of hydrogen-bond acceptors (Lipinski definition) is 5. The van der Waals surface area contributed by atoms with E-state index in [-0.39, 0.29) is 17.6 Å². The summed E-state index contributed by atoms with van der Waals surface area (Å²) in [6, 6.07) is 9.65. The normalized spacial score (nSPS) is 15.5. The molecule has 1 aromatic carbocycles. The van der Waals surface area contributed by atoms with E-state index in [9.17, 15) is 4.79 Å². The smallest absolute Gasteiger partial charge is 0.260 e. The summed E-state index contributed by atoms with van der Waals surface area (Å²) in [4.78, 5) is 17.8. The first-order valence-corrected chi connectivity index (χ1v) is 10.6. The van der Waals surface area contributed by atoms with Gasteiger partial charge in [-0.25, -0.2) is 9.50 Å². The summed E-state index contributed by atoms with van der Waals surface area (Å²) in [5.41, 5.74) is 8.65. The molecule has 5 rings (SSSR count). The van der Waals surface area contributed by atoms with E-state index in [1.54, 1.807) is 16.8 Å². The molecule has 4 aromatic rings. The van der Waals surface area contributed by atoms with Crippen LogP contribution >= 0.6 is 11.6 Å². The second-order valence-electron chi connectivity index (χ2n) is 7.89. The number of anilines is 1. The van der Waals surface area contributed by atoms with Crippen molar-refractivity contribution < 1.29 is 0 Å². The zero-order valence-corrected chi connectivity index (χ0v) is 17.4. The quantitative estimate of drug-likeness (QED) is 0.509. The number of rotatable bonds is 5. The molecule has 7 nitrogen and oxygen atoms in total. The third-order valence-corrected chi connectivity index (χ3v) is 6.37. The molecular weight excluding hydrogens is 400 g/mol. The molecule has 1 aliphatic rings. The minimum atomic E-state index is -0.0697. The minimum absolute atomic E-state index is 0.0105. The molecule has 1 atom stereocenters. The molecule has 0 amide bonds. The number of halogens is 1. The number of fused-ring (bicyclic) bond motifs is 2. The molecular formula is C22H23ClN6O. The Labute approximate surface area is 178 Å². The monoisotopic (exact) mass is 422 g/mol. The Morgan fingerprint density at radius 2 is 2.17 bits per heavy atom. The lowest BCUT2D eigenvalue weighted by Crippen LogP contribution is -2.34. The lowest BCUT2D eigenvalue weighted by Gasteiger charge is -2.32. The number of nitrogen functional groups attached to an aromatic ring is 1. The van der Waals surface area contributed by atoms with Gasteiger partial charge in [-0.2, -0.15) is 0 Å². The van der Waals surface area contributed by atoms with Crippen molar-refractivity contribution >= 4 is 33.8 Å². The van der Waals surface area contributed by atoms with Crippen LogP contribution in [0.25, 0.3) is 16.4 Å². The van der Waals surface area contributed by atoms with Gasteiger partial charge in [-0.15, -0.1) is 5.10 Å². The predicted octanol–water partition coefficient (Wildman–Crippen LogP) is 3.86. The van der Waals surface area contributed by atoms with Gasteiger partial charge in [-0.1, -0.05) is 23.7 Å². The van der Waals surface area contributed by atoms with E-state index in [4.69, 9.17) is 17.3 Å². The molecule has 0 spiro atoms. The molecule has 0 radical (unpaired) electrons. The summed E-state index contributed by atoms with van der Waals surface area (Å²) in [6.07, 6.45) is 6.72. The second kappa shape index (κ2) is 7.41. The van der Waals surface area contributed by atoms with Gasteiger partial charge in [0.1, 0.15) is 0 Å². The molecule has 154 valence electrons. The molecule has 3 aromatic heterocycles. The number of aromatic nitrogens is 4. The van der Waals surface area contributed by atoms with Gasteiger partial charge in [0, 0.05) is 36.7 Å². The maximum Gasteiger partial charge on any atom is 0.260 e. The van der Waals surface area contributed by atoms with Crippen LogP contribution in [0.1, 0.15) is 49.5 Å². The molecule has 1 fully saturated rings. The van der Waals surface area contributed by atoms with Crippen molar-refractivity contribution in [2.24, 2.45) is 0 Å². The summed E-state index contributed by atoms with van der Waals surface area (Å²) in [7, 11) is 0. The topological polar surface area (TPSA) is 90.2 Å². The minimum Gasteiger partial charge on any atom is -0.382 e. The number of benzene rings is 1. The molecule has 1 saturated carbocycles. The van der Waals surface area contributed by atoms with Crippen molar-refractivity contribution in [2.75, 3.05) is 5.73 Å². The fourth-order valence-electron chi connectivity index (χ4n) is 4.19. The molecule has 0 aliphatic heterocycles. The number of hydrogen-bond donors (Lipinski definition) is 2. The molecule has 0 unspecified atom stereocenters. The van der Waals surface area contributed by atoms with E-state index in [0.717, 1.165) is 41.6 Å². The average Bonchev–Trinajstić information content (AvgIpc) is 3.01. The van der Waals surface area contributed by atoms with Gasteiger partial charge in [0.05, 0.1) is 16.0 Å². The van der Waals surface area contributed by atoms with Gasteiger partial charge in [0.25, 0.3) is 5.56 Å². The first kappa shape index (κ1) is 19.1. The van der Waals surface area contributed by atoms with Gasteiger partial charge in [-0.3, -0.25) is 4.79 Å². The molecule has 0 saturated heterocycles. The van der Waals surface area contributed by atoms with E-state index in [2.05, 4.69) is 28.4 Å². The van der Waals surface area contributed by atoms with Crippen LogP contribution in [0.2, 0.25) is 5.02 Å². The van der Waals surface area contributed by atoms with Gasteiger partial charge < -0.3 is 15.6 Å². The lowest BCUT2D eigenvalue weighted by molar-refractivity contribution is 0.293. The summed E-state index contributed by atoms with van der Waals surface area (Å²) in [5, 5.41) is 9.80. The van der Waals surface area contributed by atoms with E-state index < -0.39 is 0 Å². The van der Waals surface area contributed by atoms with E-state index in [0.29, 0.717) is 22.8 Å². The van der Waals surface area contributed by atoms with E-state index >= 15 is 0 Å². The zero-order valence-electron chi connectivity index (χ0n) is 16.7. The maximum atomic E-state index is 13.4. The summed E-state index contributed by atoms with van der Waals surface area (Å²) in [5.74, 6) is 0.454. The molecule has 8 heteroatoms. The van der Waals surface area contributed by atoms with Crippen LogP contribution < -0.4 is 16.6 Å². The van der Waals surface area contributed by atoms with Gasteiger partial charge in [0.2, 0.25) is 0 Å². The standard InChI is InChI=1S/C22H23ClN6O/c1-13(26-12-16-20(24)27-28-10-4-9-25-21(16)28)18-11-14-5-2-8-17(23)19(14)22(30)29(18)15-6-3-7-15/h2,4-5,8-11,13,15,26H,3,6-7,12H2,1H3,(H2,24,27)/t13-/m0/s1. The first-order chi connectivity index (χ1) is 14.5. The highest BCUT2D eigenvalue weighted by molar-refractivity contribution is 6.35. The Kier molecular flexibility index (Phi) is 4.72. The van der Waals surface area contributed by atoms with Gasteiger partial charge in [-0.05, 0) is 49.8 Å². The molecule has 3 heterocycles. The van der Waals surface area contributed by atoms with Crippen molar-refractivity contribution in [3.63, 3.8) is 0 Å². The van der Waals surface area contributed by atoms with Crippen LogP contribution in [0.4, 0.5) is 5.82 Å². The van der Waals surface area contributed by atoms with Crippen LogP contribution in [0, 0.1) is 0 Å². The largest absolute Gasteiger partial charge is 0.382 e. The maximum absolute atomic E-state index is 13.4. The fourth-order valence-corrected chi connectivity index (χ4v) is 4.45. The zero-order chi connectivity index (χ0) is 20.8. The van der Waals surface area contributed by atoms with Crippen molar-refractivity contribution in [3.05, 3.63) is 69.4 Å². The average molecular weight is 423 g/mol. The fraction of sp³-hybridized carbons (Fsp3) is 0.318. The van der Waals surface area contributed by atoms with Crippen molar-refractivity contribution in [3.8, 4) is 0 Å².